The second-order valence-electron chi connectivity index (χ2n) is 2.60. The van der Waals surface area contributed by atoms with Gasteiger partial charge in [-0.25, -0.2) is 13.8 Å². The highest BCUT2D eigenvalue weighted by atomic mass is 19.3. The van der Waals surface area contributed by atoms with Gasteiger partial charge in [0.25, 0.3) is 12.3 Å². The van der Waals surface area contributed by atoms with Crippen molar-refractivity contribution in [3.05, 3.63) is 17.5 Å². The molecule has 15 heavy (non-hydrogen) atoms. The van der Waals surface area contributed by atoms with Gasteiger partial charge in [0, 0.05) is 0 Å². The summed E-state index contributed by atoms with van der Waals surface area (Å²) in [4.78, 5) is 14.1. The second kappa shape index (κ2) is 4.07. The highest BCUT2D eigenvalue weighted by Crippen LogP contribution is 2.34. The summed E-state index contributed by atoms with van der Waals surface area (Å²) in [6, 6.07) is 0. The van der Waals surface area contributed by atoms with E-state index in [4.69, 9.17) is 5.73 Å². The van der Waals surface area contributed by atoms with Crippen molar-refractivity contribution in [2.75, 3.05) is 7.11 Å². The third-order valence-corrected chi connectivity index (χ3v) is 1.70. The molecule has 0 radical (unpaired) electrons. The number of methoxy groups -OCH3 is 1. The Kier molecular flexibility index (Phi) is 3.03. The Labute approximate surface area is 83.5 Å². The number of alkyl halides is 2. The molecule has 0 fully saturated rings. The molecule has 1 amide bonds. The lowest BCUT2D eigenvalue weighted by atomic mass is 10.1. The number of nitrogens with zero attached hydrogens (tertiary/aromatic N) is 1. The predicted octanol–water partition coefficient (Wildman–Crippen LogP) is 0.832. The van der Waals surface area contributed by atoms with Crippen LogP contribution in [0.1, 0.15) is 22.5 Å². The Bertz CT molecular complexity index is 396. The quantitative estimate of drug-likeness (QED) is 0.786. The Morgan fingerprint density at radius 2 is 2.27 bits per heavy atom. The van der Waals surface area contributed by atoms with Crippen molar-refractivity contribution in [2.24, 2.45) is 5.73 Å². The molecule has 3 N–H and O–H groups in total. The van der Waals surface area contributed by atoms with Crippen molar-refractivity contribution < 1.29 is 23.4 Å². The molecule has 0 spiro atoms. The molecule has 0 aliphatic carbocycles. The zero-order valence-electron chi connectivity index (χ0n) is 7.70. The van der Waals surface area contributed by atoms with Crippen LogP contribution in [-0.2, 0) is 0 Å². The molecule has 0 atom stereocenters. The Hall–Kier alpha value is -1.92. The first kappa shape index (κ1) is 11.2. The van der Waals surface area contributed by atoms with Crippen molar-refractivity contribution in [2.45, 2.75) is 6.43 Å². The minimum Gasteiger partial charge on any atom is -0.505 e. The van der Waals surface area contributed by atoms with Gasteiger partial charge in [-0.3, -0.25) is 4.79 Å². The highest BCUT2D eigenvalue weighted by molar-refractivity contribution is 5.98. The molecule has 0 unspecified atom stereocenters. The van der Waals surface area contributed by atoms with Crippen LogP contribution in [0.3, 0.4) is 0 Å². The van der Waals surface area contributed by atoms with Gasteiger partial charge in [0.2, 0.25) is 0 Å². The van der Waals surface area contributed by atoms with Crippen LogP contribution in [-0.4, -0.2) is 23.1 Å². The largest absolute Gasteiger partial charge is 0.505 e. The summed E-state index contributed by atoms with van der Waals surface area (Å²) in [5.74, 6) is -2.16. The fourth-order valence-electron chi connectivity index (χ4n) is 1.10. The van der Waals surface area contributed by atoms with E-state index in [0.29, 0.717) is 0 Å². The number of hydrogen-bond acceptors (Lipinski definition) is 4. The molecule has 82 valence electrons. The maximum absolute atomic E-state index is 12.4. The van der Waals surface area contributed by atoms with Crippen LogP contribution in [0.4, 0.5) is 8.78 Å². The summed E-state index contributed by atoms with van der Waals surface area (Å²) in [7, 11) is 1.08. The van der Waals surface area contributed by atoms with E-state index in [9.17, 15) is 18.7 Å². The zero-order chi connectivity index (χ0) is 11.6. The van der Waals surface area contributed by atoms with Crippen molar-refractivity contribution in [3.63, 3.8) is 0 Å². The molecule has 1 rings (SSSR count). The Balaban J connectivity index is 3.47. The van der Waals surface area contributed by atoms with Gasteiger partial charge >= 0.3 is 0 Å². The molecule has 0 saturated heterocycles. The Morgan fingerprint density at radius 1 is 1.67 bits per heavy atom. The van der Waals surface area contributed by atoms with Crippen molar-refractivity contribution in [1.29, 1.82) is 0 Å². The molecular weight excluding hydrogens is 210 g/mol. The summed E-state index contributed by atoms with van der Waals surface area (Å²) in [6.45, 7) is 0. The third-order valence-electron chi connectivity index (χ3n) is 1.70. The molecule has 0 bridgehead atoms. The molecule has 0 saturated carbocycles. The zero-order valence-corrected chi connectivity index (χ0v) is 7.70. The van der Waals surface area contributed by atoms with Crippen LogP contribution in [0.2, 0.25) is 0 Å². The molecule has 0 aromatic carbocycles. The van der Waals surface area contributed by atoms with Gasteiger partial charge < -0.3 is 15.6 Å². The van der Waals surface area contributed by atoms with Crippen LogP contribution in [0.15, 0.2) is 6.20 Å². The fourth-order valence-corrected chi connectivity index (χ4v) is 1.10. The van der Waals surface area contributed by atoms with Crippen LogP contribution < -0.4 is 10.5 Å². The summed E-state index contributed by atoms with van der Waals surface area (Å²) >= 11 is 0. The number of primary amides is 1. The first-order chi connectivity index (χ1) is 6.99. The SMILES string of the molecule is COc1c(C(F)F)ncc(O)c1C(N)=O. The average molecular weight is 218 g/mol. The predicted molar refractivity (Wildman–Crippen MR) is 45.9 cm³/mol. The second-order valence-corrected chi connectivity index (χ2v) is 2.60. The van der Waals surface area contributed by atoms with E-state index >= 15 is 0 Å². The van der Waals surface area contributed by atoms with Gasteiger partial charge in [-0.2, -0.15) is 0 Å². The number of carbonyl (C=O) groups excluding carboxylic acids is 1. The molecular formula is C8H8F2N2O3. The maximum Gasteiger partial charge on any atom is 0.284 e. The maximum atomic E-state index is 12.4. The van der Waals surface area contributed by atoms with E-state index in [-0.39, 0.29) is 0 Å². The molecule has 0 aliphatic rings. The van der Waals surface area contributed by atoms with Gasteiger partial charge in [-0.1, -0.05) is 0 Å². The molecule has 5 nitrogen and oxygen atoms in total. The van der Waals surface area contributed by atoms with E-state index < -0.39 is 35.1 Å². The summed E-state index contributed by atoms with van der Waals surface area (Å²) in [5.41, 5.74) is 3.68. The molecule has 1 aromatic heterocycles. The number of hydrogen-bond donors (Lipinski definition) is 2. The van der Waals surface area contributed by atoms with Crippen molar-refractivity contribution in [1.82, 2.24) is 4.98 Å². The van der Waals surface area contributed by atoms with Crippen molar-refractivity contribution in [3.8, 4) is 11.5 Å². The van der Waals surface area contributed by atoms with Gasteiger partial charge in [-0.15, -0.1) is 0 Å². The van der Waals surface area contributed by atoms with E-state index in [1.165, 1.54) is 0 Å². The standard InChI is InChI=1S/C8H8F2N2O3/c1-15-6-4(8(11)14)3(13)2-12-5(6)7(9)10/h2,7,13H,1H3,(H2,11,14). The van der Waals surface area contributed by atoms with Crippen molar-refractivity contribution >= 4 is 5.91 Å². The van der Waals surface area contributed by atoms with E-state index in [0.717, 1.165) is 13.3 Å². The number of nitrogens with two attached hydrogens (primary N) is 1. The van der Waals surface area contributed by atoms with Crippen LogP contribution in [0.5, 0.6) is 11.5 Å². The molecule has 1 heterocycles. The average Bonchev–Trinajstić information content (AvgIpc) is 2.15. The lowest BCUT2D eigenvalue weighted by Gasteiger charge is -2.11. The topological polar surface area (TPSA) is 85.4 Å². The van der Waals surface area contributed by atoms with Gasteiger partial charge in [0.15, 0.2) is 5.75 Å². The smallest absolute Gasteiger partial charge is 0.284 e. The first-order valence-electron chi connectivity index (χ1n) is 3.82. The minimum atomic E-state index is -2.92. The van der Waals surface area contributed by atoms with E-state index in [1.54, 1.807) is 0 Å². The minimum absolute atomic E-state index is 0.497. The fraction of sp³-hybridized carbons (Fsp3) is 0.250. The van der Waals surface area contributed by atoms with E-state index in [2.05, 4.69) is 9.72 Å². The number of ether oxygens (including phenoxy) is 1. The molecule has 0 aliphatic heterocycles. The summed E-state index contributed by atoms with van der Waals surface area (Å²) in [6.07, 6.45) is -2.19. The van der Waals surface area contributed by atoms with Gasteiger partial charge in [0.1, 0.15) is 17.0 Å². The van der Waals surface area contributed by atoms with Crippen LogP contribution >= 0.6 is 0 Å². The number of carbonyl (C=O) groups is 1. The summed E-state index contributed by atoms with van der Waals surface area (Å²) < 4.78 is 29.4. The molecule has 1 aromatic rings. The van der Waals surface area contributed by atoms with Crippen LogP contribution in [0.25, 0.3) is 0 Å². The number of aromatic hydroxyl groups is 1. The number of halogens is 2. The van der Waals surface area contributed by atoms with Crippen LogP contribution in [0, 0.1) is 0 Å². The van der Waals surface area contributed by atoms with E-state index in [1.807, 2.05) is 0 Å². The lowest BCUT2D eigenvalue weighted by Crippen LogP contribution is -2.14. The first-order valence-corrected chi connectivity index (χ1v) is 3.82. The number of aromatic nitrogens is 1. The van der Waals surface area contributed by atoms with Gasteiger partial charge in [-0.05, 0) is 0 Å². The van der Waals surface area contributed by atoms with Gasteiger partial charge in [0.05, 0.1) is 13.3 Å². The number of amides is 1. The molecule has 7 heteroatoms. The summed E-state index contributed by atoms with van der Waals surface area (Å²) in [5, 5.41) is 9.21. The normalized spacial score (nSPS) is 10.4. The third kappa shape index (κ3) is 1.95. The monoisotopic (exact) mass is 218 g/mol. The number of rotatable bonds is 3. The Morgan fingerprint density at radius 3 is 2.67 bits per heavy atom. The highest BCUT2D eigenvalue weighted by Gasteiger charge is 2.24. The lowest BCUT2D eigenvalue weighted by molar-refractivity contribution is 0.0992. The number of pyridine rings is 1.